The molecule has 1 rings (SSSR count). The number of hydrogen-bond donors (Lipinski definition) is 0. The number of rotatable bonds is 3. The summed E-state index contributed by atoms with van der Waals surface area (Å²) in [5.74, 6) is 0. The molecule has 1 heterocycles. The van der Waals surface area contributed by atoms with Gasteiger partial charge in [-0.05, 0) is 6.92 Å². The zero-order chi connectivity index (χ0) is 7.23. The van der Waals surface area contributed by atoms with Crippen molar-refractivity contribution >= 4 is 17.6 Å². The molecule has 1 aromatic rings. The van der Waals surface area contributed by atoms with E-state index in [1.165, 1.54) is 0 Å². The Morgan fingerprint density at radius 2 is 2.80 bits per heavy atom. The van der Waals surface area contributed by atoms with E-state index in [0.29, 0.717) is 6.61 Å². The van der Waals surface area contributed by atoms with E-state index in [4.69, 9.17) is 4.84 Å². The van der Waals surface area contributed by atoms with Crippen molar-refractivity contribution in [3.63, 3.8) is 0 Å². The Hall–Kier alpha value is -0.900. The zero-order valence-corrected chi connectivity index (χ0v) is 6.47. The third kappa shape index (κ3) is 2.14. The molecule has 0 aromatic carbocycles. The first-order chi connectivity index (χ1) is 4.93. The van der Waals surface area contributed by atoms with E-state index in [2.05, 4.69) is 10.1 Å². The highest BCUT2D eigenvalue weighted by atomic mass is 32.1. The van der Waals surface area contributed by atoms with Crippen LogP contribution in [0.5, 0.6) is 0 Å². The highest BCUT2D eigenvalue weighted by Crippen LogP contribution is 2.04. The van der Waals surface area contributed by atoms with E-state index in [9.17, 15) is 0 Å². The average molecular weight is 156 g/mol. The van der Waals surface area contributed by atoms with Crippen molar-refractivity contribution in [1.82, 2.24) is 4.98 Å². The van der Waals surface area contributed by atoms with E-state index in [1.54, 1.807) is 23.7 Å². The summed E-state index contributed by atoms with van der Waals surface area (Å²) in [7, 11) is 0. The molecule has 0 bridgehead atoms. The minimum Gasteiger partial charge on any atom is -0.389 e. The van der Waals surface area contributed by atoms with Gasteiger partial charge < -0.3 is 4.84 Å². The van der Waals surface area contributed by atoms with Crippen LogP contribution >= 0.6 is 11.3 Å². The molecule has 0 fully saturated rings. The molecule has 0 aliphatic heterocycles. The smallest absolute Gasteiger partial charge is 0.168 e. The summed E-state index contributed by atoms with van der Waals surface area (Å²) in [6, 6.07) is 0. The summed E-state index contributed by atoms with van der Waals surface area (Å²) in [6.45, 7) is 2.28. The quantitative estimate of drug-likeness (QED) is 0.492. The van der Waals surface area contributed by atoms with Crippen molar-refractivity contribution in [2.75, 3.05) is 0 Å². The van der Waals surface area contributed by atoms with Gasteiger partial charge in [0.25, 0.3) is 0 Å². The molecule has 54 valence electrons. The molecular weight excluding hydrogens is 148 g/mol. The van der Waals surface area contributed by atoms with Gasteiger partial charge in [0.15, 0.2) is 6.61 Å². The van der Waals surface area contributed by atoms with Gasteiger partial charge in [0, 0.05) is 17.8 Å². The normalized spacial score (nSPS) is 10.5. The number of aromatic nitrogens is 1. The lowest BCUT2D eigenvalue weighted by atomic mass is 10.8. The van der Waals surface area contributed by atoms with Gasteiger partial charge in [0.2, 0.25) is 0 Å². The van der Waals surface area contributed by atoms with Gasteiger partial charge >= 0.3 is 0 Å². The van der Waals surface area contributed by atoms with E-state index in [-0.39, 0.29) is 0 Å². The standard InChI is InChI=1S/C6H8N2OS/c1-2-8-9-5-6-7-3-4-10-6/h2-4H,5H2,1H3. The Labute approximate surface area is 63.3 Å². The van der Waals surface area contributed by atoms with Gasteiger partial charge in [-0.15, -0.1) is 11.3 Å². The van der Waals surface area contributed by atoms with Crippen molar-refractivity contribution in [1.29, 1.82) is 0 Å². The summed E-state index contributed by atoms with van der Waals surface area (Å²) in [5.41, 5.74) is 0. The Balaban J connectivity index is 2.28. The second kappa shape index (κ2) is 4.00. The molecule has 1 aromatic heterocycles. The summed E-state index contributed by atoms with van der Waals surface area (Å²) in [5, 5.41) is 6.45. The van der Waals surface area contributed by atoms with Crippen LogP contribution in [0.15, 0.2) is 16.7 Å². The number of thiazole rings is 1. The predicted molar refractivity (Wildman–Crippen MR) is 41.1 cm³/mol. The Bertz CT molecular complexity index is 196. The highest BCUT2D eigenvalue weighted by molar-refractivity contribution is 7.09. The Morgan fingerprint density at radius 3 is 3.40 bits per heavy atom. The molecule has 3 nitrogen and oxygen atoms in total. The van der Waals surface area contributed by atoms with E-state index in [1.807, 2.05) is 12.3 Å². The zero-order valence-electron chi connectivity index (χ0n) is 5.65. The fraction of sp³-hybridized carbons (Fsp3) is 0.333. The SMILES string of the molecule is CC=NOCc1nccs1. The van der Waals surface area contributed by atoms with Crippen molar-refractivity contribution in [2.45, 2.75) is 13.5 Å². The molecule has 0 saturated heterocycles. The summed E-state index contributed by atoms with van der Waals surface area (Å²) < 4.78 is 0. The third-order valence-corrected chi connectivity index (χ3v) is 1.60. The first kappa shape index (κ1) is 7.21. The van der Waals surface area contributed by atoms with Gasteiger partial charge in [-0.25, -0.2) is 4.98 Å². The summed E-state index contributed by atoms with van der Waals surface area (Å²) >= 11 is 1.56. The second-order valence-corrected chi connectivity index (χ2v) is 2.54. The van der Waals surface area contributed by atoms with Crippen LogP contribution in [0.1, 0.15) is 11.9 Å². The van der Waals surface area contributed by atoms with Crippen molar-refractivity contribution in [2.24, 2.45) is 5.16 Å². The van der Waals surface area contributed by atoms with E-state index >= 15 is 0 Å². The van der Waals surface area contributed by atoms with Gasteiger partial charge in [0.1, 0.15) is 5.01 Å². The van der Waals surface area contributed by atoms with Gasteiger partial charge in [-0.1, -0.05) is 5.16 Å². The van der Waals surface area contributed by atoms with Crippen LogP contribution in [-0.2, 0) is 11.4 Å². The minimum absolute atomic E-state index is 0.474. The van der Waals surface area contributed by atoms with Crippen molar-refractivity contribution in [3.05, 3.63) is 16.6 Å². The maximum absolute atomic E-state index is 4.84. The molecule has 0 radical (unpaired) electrons. The number of oxime groups is 1. The molecule has 0 aliphatic carbocycles. The molecule has 10 heavy (non-hydrogen) atoms. The monoisotopic (exact) mass is 156 g/mol. The average Bonchev–Trinajstić information content (AvgIpc) is 2.41. The lowest BCUT2D eigenvalue weighted by molar-refractivity contribution is 0.131. The van der Waals surface area contributed by atoms with Gasteiger partial charge in [0.05, 0.1) is 0 Å². The highest BCUT2D eigenvalue weighted by Gasteiger charge is 1.91. The Kier molecular flexibility index (Phi) is 2.89. The fourth-order valence-corrected chi connectivity index (χ4v) is 1.01. The fourth-order valence-electron chi connectivity index (χ4n) is 0.491. The maximum atomic E-state index is 4.84. The van der Waals surface area contributed by atoms with Crippen molar-refractivity contribution < 1.29 is 4.84 Å². The molecule has 0 atom stereocenters. The van der Waals surface area contributed by atoms with Crippen LogP contribution in [0.25, 0.3) is 0 Å². The minimum atomic E-state index is 0.474. The molecular formula is C6H8N2OS. The largest absolute Gasteiger partial charge is 0.389 e. The molecule has 0 amide bonds. The summed E-state index contributed by atoms with van der Waals surface area (Å²) in [4.78, 5) is 8.85. The van der Waals surface area contributed by atoms with Crippen LogP contribution < -0.4 is 0 Å². The lowest BCUT2D eigenvalue weighted by Crippen LogP contribution is -1.83. The maximum Gasteiger partial charge on any atom is 0.168 e. The van der Waals surface area contributed by atoms with Crippen LogP contribution in [0, 0.1) is 0 Å². The van der Waals surface area contributed by atoms with Crippen LogP contribution in [0.3, 0.4) is 0 Å². The lowest BCUT2D eigenvalue weighted by Gasteiger charge is -1.91. The number of hydrogen-bond acceptors (Lipinski definition) is 4. The second-order valence-electron chi connectivity index (χ2n) is 1.56. The van der Waals surface area contributed by atoms with Gasteiger partial charge in [-0.3, -0.25) is 0 Å². The first-order valence-corrected chi connectivity index (χ1v) is 3.79. The molecule has 0 unspecified atom stereocenters. The molecule has 0 N–H and O–H groups in total. The molecule has 0 saturated carbocycles. The van der Waals surface area contributed by atoms with E-state index < -0.39 is 0 Å². The molecule has 0 aliphatic rings. The first-order valence-electron chi connectivity index (χ1n) is 2.92. The number of nitrogens with zero attached hydrogens (tertiary/aromatic N) is 2. The van der Waals surface area contributed by atoms with E-state index in [0.717, 1.165) is 5.01 Å². The summed E-state index contributed by atoms with van der Waals surface area (Å²) in [6.07, 6.45) is 3.35. The third-order valence-electron chi connectivity index (χ3n) is 0.851. The van der Waals surface area contributed by atoms with Crippen LogP contribution in [0.4, 0.5) is 0 Å². The molecule has 4 heteroatoms. The Morgan fingerprint density at radius 1 is 1.90 bits per heavy atom. The molecule has 0 spiro atoms. The van der Waals surface area contributed by atoms with Crippen LogP contribution in [0.2, 0.25) is 0 Å². The topological polar surface area (TPSA) is 34.5 Å². The van der Waals surface area contributed by atoms with Crippen LogP contribution in [-0.4, -0.2) is 11.2 Å². The van der Waals surface area contributed by atoms with Crippen molar-refractivity contribution in [3.8, 4) is 0 Å². The van der Waals surface area contributed by atoms with Gasteiger partial charge in [-0.2, -0.15) is 0 Å². The predicted octanol–water partition coefficient (Wildman–Crippen LogP) is 1.67.